The first-order chi connectivity index (χ1) is 12.6. The molecule has 4 nitrogen and oxygen atoms in total. The molecule has 0 aromatic rings. The average molecular weight is 559 g/mol. The third-order valence-corrected chi connectivity index (χ3v) is 12.9. The van der Waals surface area contributed by atoms with Crippen LogP contribution in [0.2, 0.25) is 39.3 Å². The van der Waals surface area contributed by atoms with Gasteiger partial charge in [-0.3, -0.25) is 0 Å². The zero-order valence-corrected chi connectivity index (χ0v) is 24.8. The van der Waals surface area contributed by atoms with Crippen LogP contribution in [-0.4, -0.2) is 33.9 Å². The molecule has 2 aliphatic carbocycles. The fourth-order valence-electron chi connectivity index (χ4n) is 2.80. The molecule has 0 spiro atoms. The Labute approximate surface area is 198 Å². The monoisotopic (exact) mass is 556 g/mol. The summed E-state index contributed by atoms with van der Waals surface area (Å²) in [5, 5.41) is 0. The van der Waals surface area contributed by atoms with Crippen LogP contribution in [-0.2, 0) is 39.6 Å². The SMILES string of the molecule is C[CH]=[Zr]([C]1=C(OCO[Si](C)(C)C)C=CC1)[C]1=C(OCO[Si](C)(C)C)C=CC1.Cl.Cl. The van der Waals surface area contributed by atoms with E-state index >= 15 is 0 Å². The molecule has 29 heavy (non-hydrogen) atoms. The molecule has 0 amide bonds. The standard InChI is InChI=1S/2C9H15O2Si.C2H4.2ClH.Zr/c2*1-12(2,3)11-8-10-9-6-4-5-7-9;1-2;;;/h2*4,6H,5,8H2,1-3H3;1H,2H3;2*1H;. The summed E-state index contributed by atoms with van der Waals surface area (Å²) < 4.78 is 29.2. The van der Waals surface area contributed by atoms with Crippen LogP contribution in [0.3, 0.4) is 0 Å². The van der Waals surface area contributed by atoms with E-state index < -0.39 is 37.9 Å². The quantitative estimate of drug-likeness (QED) is 0.234. The van der Waals surface area contributed by atoms with Crippen LogP contribution < -0.4 is 0 Å². The van der Waals surface area contributed by atoms with Gasteiger partial charge in [0.2, 0.25) is 0 Å². The van der Waals surface area contributed by atoms with E-state index in [4.69, 9.17) is 18.3 Å². The van der Waals surface area contributed by atoms with Crippen LogP contribution in [0.4, 0.5) is 0 Å². The topological polar surface area (TPSA) is 36.9 Å². The van der Waals surface area contributed by atoms with Gasteiger partial charge in [0, 0.05) is 0 Å². The molecule has 2 rings (SSSR count). The van der Waals surface area contributed by atoms with Crippen LogP contribution in [0.5, 0.6) is 0 Å². The molecule has 0 bridgehead atoms. The van der Waals surface area contributed by atoms with Crippen molar-refractivity contribution < 1.29 is 39.6 Å². The zero-order valence-electron chi connectivity index (χ0n) is 18.7. The molecule has 0 fully saturated rings. The Kier molecular flexibility index (Phi) is 13.1. The Balaban J connectivity index is 0.00000392. The minimum absolute atomic E-state index is 0. The van der Waals surface area contributed by atoms with Crippen molar-refractivity contribution in [1.82, 2.24) is 0 Å². The van der Waals surface area contributed by atoms with Gasteiger partial charge in [-0.1, -0.05) is 0 Å². The number of allylic oxidation sites excluding steroid dienone is 6. The van der Waals surface area contributed by atoms with E-state index in [0.29, 0.717) is 13.6 Å². The van der Waals surface area contributed by atoms with Gasteiger partial charge >= 0.3 is 175 Å². The van der Waals surface area contributed by atoms with Gasteiger partial charge < -0.3 is 0 Å². The van der Waals surface area contributed by atoms with Gasteiger partial charge in [-0.25, -0.2) is 0 Å². The molecule has 9 heteroatoms. The summed E-state index contributed by atoms with van der Waals surface area (Å²) in [6.45, 7) is 16.0. The van der Waals surface area contributed by atoms with Gasteiger partial charge in [0.25, 0.3) is 0 Å². The molecule has 0 saturated heterocycles. The second-order valence-corrected chi connectivity index (χ2v) is 24.1. The molecule has 0 aromatic carbocycles. The third kappa shape index (κ3) is 9.94. The molecule has 0 radical (unpaired) electrons. The second-order valence-electron chi connectivity index (χ2n) is 8.64. The molecule has 0 saturated carbocycles. The predicted octanol–water partition coefficient (Wildman–Crippen LogP) is 6.26. The number of hydrogen-bond acceptors (Lipinski definition) is 4. The van der Waals surface area contributed by atoms with E-state index in [1.165, 1.54) is 6.56 Å². The summed E-state index contributed by atoms with van der Waals surface area (Å²) in [6, 6.07) is 0. The van der Waals surface area contributed by atoms with Crippen molar-refractivity contribution in [1.29, 1.82) is 0 Å². The van der Waals surface area contributed by atoms with E-state index in [0.717, 1.165) is 24.4 Å². The van der Waals surface area contributed by atoms with E-state index in [1.54, 1.807) is 0 Å². The van der Waals surface area contributed by atoms with Crippen LogP contribution in [0, 0.1) is 0 Å². The van der Waals surface area contributed by atoms with E-state index in [9.17, 15) is 0 Å². The number of ether oxygens (including phenoxy) is 2. The maximum atomic E-state index is 6.03. The summed E-state index contributed by atoms with van der Waals surface area (Å²) in [7, 11) is -3.13. The summed E-state index contributed by atoms with van der Waals surface area (Å²) in [5.74, 6) is 2.05. The van der Waals surface area contributed by atoms with E-state index in [-0.39, 0.29) is 24.8 Å². The number of hydrogen-bond donors (Lipinski definition) is 0. The Morgan fingerprint density at radius 2 is 1.17 bits per heavy atom. The Morgan fingerprint density at radius 1 is 0.793 bits per heavy atom. The smallest absolute Gasteiger partial charge is 0.147 e. The second kappa shape index (κ2) is 12.9. The molecular weight excluding hydrogens is 523 g/mol. The van der Waals surface area contributed by atoms with Crippen LogP contribution in [0.15, 0.2) is 42.4 Å². The first kappa shape index (κ1) is 29.2. The van der Waals surface area contributed by atoms with Gasteiger partial charge in [0.15, 0.2) is 0 Å². The molecule has 166 valence electrons. The molecule has 2 aliphatic rings. The van der Waals surface area contributed by atoms with Gasteiger partial charge in [0.1, 0.15) is 0 Å². The average Bonchev–Trinajstić information content (AvgIpc) is 3.17. The molecule has 0 aliphatic heterocycles. The third-order valence-electron chi connectivity index (χ3n) is 4.13. The minimum Gasteiger partial charge on any atom is -0.147 e. The van der Waals surface area contributed by atoms with Crippen LogP contribution in [0.1, 0.15) is 19.8 Å². The zero-order chi connectivity index (χ0) is 20.1. The maximum absolute atomic E-state index is 6.03. The van der Waals surface area contributed by atoms with Crippen LogP contribution >= 0.6 is 24.8 Å². The summed E-state index contributed by atoms with van der Waals surface area (Å²) in [4.78, 5) is 0. The van der Waals surface area contributed by atoms with Crippen molar-refractivity contribution in [2.45, 2.75) is 59.0 Å². The van der Waals surface area contributed by atoms with Gasteiger partial charge in [-0.15, -0.1) is 24.8 Å². The number of rotatable bonds is 10. The van der Waals surface area contributed by atoms with E-state index in [2.05, 4.69) is 74.2 Å². The Bertz CT molecular complexity index is 646. The van der Waals surface area contributed by atoms with Crippen molar-refractivity contribution in [3.8, 4) is 0 Å². The van der Waals surface area contributed by atoms with Crippen molar-refractivity contribution >= 4 is 45.2 Å². The van der Waals surface area contributed by atoms with Crippen molar-refractivity contribution in [3.05, 3.63) is 42.4 Å². The van der Waals surface area contributed by atoms with Crippen molar-refractivity contribution in [2.24, 2.45) is 0 Å². The first-order valence-corrected chi connectivity index (χ1v) is 20.3. The summed E-state index contributed by atoms with van der Waals surface area (Å²) in [6.07, 6.45) is 10.6. The summed E-state index contributed by atoms with van der Waals surface area (Å²) in [5.41, 5.74) is 0. The number of halogens is 2. The predicted molar refractivity (Wildman–Crippen MR) is 129 cm³/mol. The maximum Gasteiger partial charge on any atom is -0.147 e. The Morgan fingerprint density at radius 3 is 1.48 bits per heavy atom. The fourth-order valence-corrected chi connectivity index (χ4v) is 9.96. The molecule has 0 aromatic heterocycles. The van der Waals surface area contributed by atoms with E-state index in [1.807, 2.05) is 0 Å². The van der Waals surface area contributed by atoms with Gasteiger partial charge in [-0.2, -0.15) is 0 Å². The first-order valence-electron chi connectivity index (χ1n) is 9.60. The fraction of sp³-hybridized carbons (Fsp3) is 0.550. The van der Waals surface area contributed by atoms with Crippen LogP contribution in [0.25, 0.3) is 0 Å². The Hall–Kier alpha value is 0.247. The molecule has 0 heterocycles. The molecule has 0 unspecified atom stereocenters. The normalized spacial score (nSPS) is 16.0. The molecule has 0 N–H and O–H groups in total. The summed E-state index contributed by atoms with van der Waals surface area (Å²) >= 11 is -2.11. The van der Waals surface area contributed by atoms with Gasteiger partial charge in [0.05, 0.1) is 0 Å². The minimum atomic E-state index is -2.11. The van der Waals surface area contributed by atoms with Gasteiger partial charge in [-0.05, 0) is 0 Å². The molecule has 0 atom stereocenters. The van der Waals surface area contributed by atoms with Crippen molar-refractivity contribution in [3.63, 3.8) is 0 Å². The van der Waals surface area contributed by atoms with Crippen molar-refractivity contribution in [2.75, 3.05) is 13.6 Å². The molecular formula is C20H36Cl2O4Si2Zr. The largest absolute Gasteiger partial charge is 0.147 e.